The molecule has 1 aliphatic carbocycles. The molecule has 0 aliphatic heterocycles. The standard InChI is InChI=1S/C17H31N3/c1-12(2)18-11-13(3)17-14(4)19-20(15(17)5)16-9-7-6-8-10-16/h12-13,16,18H,6-11H2,1-5H3. The van der Waals surface area contributed by atoms with Gasteiger partial charge in [0.25, 0.3) is 0 Å². The Labute approximate surface area is 124 Å². The van der Waals surface area contributed by atoms with Gasteiger partial charge < -0.3 is 5.32 Å². The Morgan fingerprint density at radius 2 is 1.80 bits per heavy atom. The summed E-state index contributed by atoms with van der Waals surface area (Å²) in [6, 6.07) is 1.19. The Bertz CT molecular complexity index is 428. The summed E-state index contributed by atoms with van der Waals surface area (Å²) in [7, 11) is 0. The minimum absolute atomic E-state index is 0.537. The van der Waals surface area contributed by atoms with Crippen LogP contribution in [0.4, 0.5) is 0 Å². The highest BCUT2D eigenvalue weighted by atomic mass is 15.3. The molecule has 0 radical (unpaired) electrons. The van der Waals surface area contributed by atoms with Crippen LogP contribution in [0, 0.1) is 13.8 Å². The molecule has 0 saturated heterocycles. The molecule has 1 unspecified atom stereocenters. The van der Waals surface area contributed by atoms with E-state index in [9.17, 15) is 0 Å². The van der Waals surface area contributed by atoms with Crippen molar-refractivity contribution in [3.63, 3.8) is 0 Å². The molecule has 0 aromatic carbocycles. The van der Waals surface area contributed by atoms with Gasteiger partial charge in [0.05, 0.1) is 11.7 Å². The van der Waals surface area contributed by atoms with Gasteiger partial charge in [0.2, 0.25) is 0 Å². The van der Waals surface area contributed by atoms with Crippen LogP contribution in [0.3, 0.4) is 0 Å². The van der Waals surface area contributed by atoms with Crippen molar-refractivity contribution in [1.82, 2.24) is 15.1 Å². The lowest BCUT2D eigenvalue weighted by atomic mass is 9.94. The first-order chi connectivity index (χ1) is 9.50. The van der Waals surface area contributed by atoms with Gasteiger partial charge in [-0.05, 0) is 32.6 Å². The third kappa shape index (κ3) is 3.43. The average molecular weight is 277 g/mol. The first kappa shape index (κ1) is 15.6. The van der Waals surface area contributed by atoms with E-state index in [0.29, 0.717) is 18.0 Å². The van der Waals surface area contributed by atoms with Crippen molar-refractivity contribution < 1.29 is 0 Å². The van der Waals surface area contributed by atoms with Crippen LogP contribution >= 0.6 is 0 Å². The van der Waals surface area contributed by atoms with Crippen LogP contribution in [0.2, 0.25) is 0 Å². The molecule has 114 valence electrons. The predicted octanol–water partition coefficient (Wildman–Crippen LogP) is 4.11. The van der Waals surface area contributed by atoms with Gasteiger partial charge in [-0.2, -0.15) is 5.10 Å². The van der Waals surface area contributed by atoms with Gasteiger partial charge >= 0.3 is 0 Å². The van der Waals surface area contributed by atoms with Crippen molar-refractivity contribution in [2.75, 3.05) is 6.54 Å². The number of aromatic nitrogens is 2. The molecule has 3 heteroatoms. The predicted molar refractivity (Wildman–Crippen MR) is 85.4 cm³/mol. The summed E-state index contributed by atoms with van der Waals surface area (Å²) in [5, 5.41) is 8.42. The highest BCUT2D eigenvalue weighted by Crippen LogP contribution is 2.32. The van der Waals surface area contributed by atoms with Gasteiger partial charge in [-0.1, -0.05) is 40.0 Å². The molecular formula is C17H31N3. The molecule has 1 aliphatic rings. The summed E-state index contributed by atoms with van der Waals surface area (Å²) in [4.78, 5) is 0. The van der Waals surface area contributed by atoms with Gasteiger partial charge in [0, 0.05) is 23.8 Å². The molecule has 1 aromatic heterocycles. The molecule has 2 rings (SSSR count). The van der Waals surface area contributed by atoms with E-state index < -0.39 is 0 Å². The van der Waals surface area contributed by atoms with E-state index in [4.69, 9.17) is 5.10 Å². The summed E-state index contributed by atoms with van der Waals surface area (Å²) < 4.78 is 2.33. The lowest BCUT2D eigenvalue weighted by Gasteiger charge is -2.24. The number of nitrogens with one attached hydrogen (secondary N) is 1. The molecule has 20 heavy (non-hydrogen) atoms. The quantitative estimate of drug-likeness (QED) is 0.878. The van der Waals surface area contributed by atoms with Crippen LogP contribution in [0.25, 0.3) is 0 Å². The lowest BCUT2D eigenvalue weighted by Crippen LogP contribution is -2.27. The first-order valence-corrected chi connectivity index (χ1v) is 8.29. The molecule has 1 atom stereocenters. The second-order valence-corrected chi connectivity index (χ2v) is 6.78. The zero-order valence-electron chi connectivity index (χ0n) is 13.9. The van der Waals surface area contributed by atoms with Crippen molar-refractivity contribution in [2.45, 2.75) is 84.7 Å². The minimum atomic E-state index is 0.537. The summed E-state index contributed by atoms with van der Waals surface area (Å²) >= 11 is 0. The van der Waals surface area contributed by atoms with Gasteiger partial charge in [-0.3, -0.25) is 4.68 Å². The van der Waals surface area contributed by atoms with Crippen LogP contribution < -0.4 is 5.32 Å². The largest absolute Gasteiger partial charge is 0.314 e. The summed E-state index contributed by atoms with van der Waals surface area (Å²) in [6.07, 6.45) is 6.74. The maximum atomic E-state index is 4.87. The van der Waals surface area contributed by atoms with Gasteiger partial charge in [0.15, 0.2) is 0 Å². The second kappa shape index (κ2) is 6.75. The Hall–Kier alpha value is -0.830. The van der Waals surface area contributed by atoms with Crippen molar-refractivity contribution in [3.8, 4) is 0 Å². The second-order valence-electron chi connectivity index (χ2n) is 6.78. The molecule has 0 bridgehead atoms. The maximum absolute atomic E-state index is 4.87. The average Bonchev–Trinajstić information content (AvgIpc) is 2.72. The number of rotatable bonds is 5. The molecule has 3 nitrogen and oxygen atoms in total. The van der Waals surface area contributed by atoms with Gasteiger partial charge in [-0.15, -0.1) is 0 Å². The first-order valence-electron chi connectivity index (χ1n) is 8.29. The normalized spacial score (nSPS) is 18.7. The van der Waals surface area contributed by atoms with Crippen LogP contribution in [-0.2, 0) is 0 Å². The highest BCUT2D eigenvalue weighted by Gasteiger charge is 2.23. The van der Waals surface area contributed by atoms with E-state index in [1.165, 1.54) is 49.1 Å². The topological polar surface area (TPSA) is 29.9 Å². The fourth-order valence-electron chi connectivity index (χ4n) is 3.58. The fourth-order valence-corrected chi connectivity index (χ4v) is 3.58. The fraction of sp³-hybridized carbons (Fsp3) is 0.824. The van der Waals surface area contributed by atoms with Gasteiger partial charge in [-0.25, -0.2) is 0 Å². The smallest absolute Gasteiger partial charge is 0.0631 e. The SMILES string of the molecule is Cc1nn(C2CCCCC2)c(C)c1C(C)CNC(C)C. The van der Waals surface area contributed by atoms with Crippen molar-refractivity contribution >= 4 is 0 Å². The van der Waals surface area contributed by atoms with Crippen LogP contribution in [-0.4, -0.2) is 22.4 Å². The summed E-state index contributed by atoms with van der Waals surface area (Å²) in [6.45, 7) is 12.2. The molecule has 0 amide bonds. The number of hydrogen-bond donors (Lipinski definition) is 1. The number of aryl methyl sites for hydroxylation is 1. The minimum Gasteiger partial charge on any atom is -0.314 e. The van der Waals surface area contributed by atoms with Crippen molar-refractivity contribution in [1.29, 1.82) is 0 Å². The maximum Gasteiger partial charge on any atom is 0.0631 e. The zero-order valence-corrected chi connectivity index (χ0v) is 13.9. The Balaban J connectivity index is 2.15. The van der Waals surface area contributed by atoms with Crippen molar-refractivity contribution in [2.24, 2.45) is 0 Å². The van der Waals surface area contributed by atoms with Crippen LogP contribution in [0.5, 0.6) is 0 Å². The van der Waals surface area contributed by atoms with E-state index in [-0.39, 0.29) is 0 Å². The van der Waals surface area contributed by atoms with E-state index in [1.807, 2.05) is 0 Å². The molecule has 1 saturated carbocycles. The highest BCUT2D eigenvalue weighted by molar-refractivity contribution is 5.29. The molecule has 1 heterocycles. The van der Waals surface area contributed by atoms with Crippen LogP contribution in [0.1, 0.15) is 81.8 Å². The number of nitrogens with zero attached hydrogens (tertiary/aromatic N) is 2. The molecule has 1 fully saturated rings. The molecule has 1 aromatic rings. The summed E-state index contributed by atoms with van der Waals surface area (Å²) in [5.41, 5.74) is 4.09. The monoisotopic (exact) mass is 277 g/mol. The summed E-state index contributed by atoms with van der Waals surface area (Å²) in [5.74, 6) is 0.537. The van der Waals surface area contributed by atoms with E-state index >= 15 is 0 Å². The number of hydrogen-bond acceptors (Lipinski definition) is 2. The Morgan fingerprint density at radius 3 is 2.40 bits per heavy atom. The molecule has 1 N–H and O–H groups in total. The van der Waals surface area contributed by atoms with Gasteiger partial charge in [0.1, 0.15) is 0 Å². The lowest BCUT2D eigenvalue weighted by molar-refractivity contribution is 0.323. The van der Waals surface area contributed by atoms with Crippen molar-refractivity contribution in [3.05, 3.63) is 17.0 Å². The van der Waals surface area contributed by atoms with Crippen LogP contribution in [0.15, 0.2) is 0 Å². The third-order valence-corrected chi connectivity index (χ3v) is 4.63. The van der Waals surface area contributed by atoms with E-state index in [2.05, 4.69) is 44.6 Å². The third-order valence-electron chi connectivity index (χ3n) is 4.63. The Morgan fingerprint density at radius 1 is 1.15 bits per heavy atom. The molecular weight excluding hydrogens is 246 g/mol. The Kier molecular flexibility index (Phi) is 5.25. The molecule has 0 spiro atoms. The van der Waals surface area contributed by atoms with E-state index in [0.717, 1.165) is 6.54 Å². The van der Waals surface area contributed by atoms with E-state index in [1.54, 1.807) is 0 Å². The zero-order chi connectivity index (χ0) is 14.7.